The number of hydrogen-bond acceptors (Lipinski definition) is 4. The Morgan fingerprint density at radius 2 is 2.25 bits per heavy atom. The van der Waals surface area contributed by atoms with Crippen molar-refractivity contribution in [2.24, 2.45) is 0 Å². The summed E-state index contributed by atoms with van der Waals surface area (Å²) in [7, 11) is 3.46. The SMILES string of the molecule is Cc1nc(-c2cccnc2)sc1CCNC(=O)N(C)C. The van der Waals surface area contributed by atoms with E-state index in [4.69, 9.17) is 0 Å². The highest BCUT2D eigenvalue weighted by Crippen LogP contribution is 2.27. The second-order valence-corrected chi connectivity index (χ2v) is 5.73. The van der Waals surface area contributed by atoms with Crippen LogP contribution in [0.2, 0.25) is 0 Å². The number of pyridine rings is 1. The molecule has 0 saturated carbocycles. The molecule has 2 aromatic rings. The highest BCUT2D eigenvalue weighted by atomic mass is 32.1. The maximum Gasteiger partial charge on any atom is 0.316 e. The topological polar surface area (TPSA) is 58.1 Å². The summed E-state index contributed by atoms with van der Waals surface area (Å²) in [6.07, 6.45) is 4.36. The van der Waals surface area contributed by atoms with Crippen molar-refractivity contribution in [2.75, 3.05) is 20.6 Å². The van der Waals surface area contributed by atoms with E-state index >= 15 is 0 Å². The zero-order valence-corrected chi connectivity index (χ0v) is 12.7. The molecule has 6 heteroatoms. The number of thiazole rings is 1. The number of nitrogens with zero attached hydrogens (tertiary/aromatic N) is 3. The van der Waals surface area contributed by atoms with E-state index in [9.17, 15) is 4.79 Å². The van der Waals surface area contributed by atoms with E-state index in [1.807, 2.05) is 25.3 Å². The van der Waals surface area contributed by atoms with E-state index in [0.717, 1.165) is 22.7 Å². The summed E-state index contributed by atoms with van der Waals surface area (Å²) in [6.45, 7) is 2.62. The summed E-state index contributed by atoms with van der Waals surface area (Å²) in [4.78, 5) is 22.8. The van der Waals surface area contributed by atoms with Gasteiger partial charge >= 0.3 is 6.03 Å². The quantitative estimate of drug-likeness (QED) is 0.940. The molecular formula is C14H18N4OS. The smallest absolute Gasteiger partial charge is 0.316 e. The average molecular weight is 290 g/mol. The number of aryl methyl sites for hydroxylation is 1. The number of aromatic nitrogens is 2. The Bertz CT molecular complexity index is 580. The zero-order valence-electron chi connectivity index (χ0n) is 11.9. The molecule has 2 rings (SSSR count). The Kier molecular flexibility index (Phi) is 4.68. The monoisotopic (exact) mass is 290 g/mol. The fourth-order valence-electron chi connectivity index (χ4n) is 1.71. The lowest BCUT2D eigenvalue weighted by atomic mass is 10.3. The maximum atomic E-state index is 11.4. The second-order valence-electron chi connectivity index (χ2n) is 4.65. The number of carbonyl (C=O) groups excluding carboxylic acids is 1. The number of nitrogens with one attached hydrogen (secondary N) is 1. The maximum absolute atomic E-state index is 11.4. The highest BCUT2D eigenvalue weighted by Gasteiger charge is 2.10. The van der Waals surface area contributed by atoms with Crippen molar-refractivity contribution in [3.63, 3.8) is 0 Å². The molecule has 5 nitrogen and oxygen atoms in total. The molecule has 2 amide bonds. The fraction of sp³-hybridized carbons (Fsp3) is 0.357. The van der Waals surface area contributed by atoms with Gasteiger partial charge < -0.3 is 10.2 Å². The van der Waals surface area contributed by atoms with Crippen LogP contribution in [-0.2, 0) is 6.42 Å². The molecule has 0 spiro atoms. The molecule has 0 aromatic carbocycles. The third-order valence-corrected chi connectivity index (χ3v) is 4.10. The van der Waals surface area contributed by atoms with Gasteiger partial charge in [-0.3, -0.25) is 4.98 Å². The van der Waals surface area contributed by atoms with Gasteiger partial charge in [-0.25, -0.2) is 9.78 Å². The van der Waals surface area contributed by atoms with Crippen LogP contribution >= 0.6 is 11.3 Å². The molecule has 0 saturated heterocycles. The average Bonchev–Trinajstić information content (AvgIpc) is 2.81. The molecule has 20 heavy (non-hydrogen) atoms. The van der Waals surface area contributed by atoms with Crippen molar-refractivity contribution in [1.29, 1.82) is 0 Å². The number of rotatable bonds is 4. The van der Waals surface area contributed by atoms with Gasteiger partial charge in [0.2, 0.25) is 0 Å². The summed E-state index contributed by atoms with van der Waals surface area (Å²) in [5, 5.41) is 3.84. The molecule has 0 atom stereocenters. The van der Waals surface area contributed by atoms with Gasteiger partial charge in [0.25, 0.3) is 0 Å². The van der Waals surface area contributed by atoms with E-state index < -0.39 is 0 Å². The van der Waals surface area contributed by atoms with Crippen molar-refractivity contribution in [3.05, 3.63) is 35.1 Å². The Morgan fingerprint density at radius 1 is 1.45 bits per heavy atom. The first-order valence-electron chi connectivity index (χ1n) is 6.40. The van der Waals surface area contributed by atoms with Crippen LogP contribution in [0.5, 0.6) is 0 Å². The van der Waals surface area contributed by atoms with Crippen LogP contribution in [0.25, 0.3) is 10.6 Å². The van der Waals surface area contributed by atoms with Crippen LogP contribution in [-0.4, -0.2) is 41.5 Å². The molecule has 0 radical (unpaired) electrons. The van der Waals surface area contributed by atoms with Crippen molar-refractivity contribution in [1.82, 2.24) is 20.2 Å². The first-order chi connectivity index (χ1) is 9.58. The number of carbonyl (C=O) groups is 1. The molecule has 1 N–H and O–H groups in total. The molecule has 0 unspecified atom stereocenters. The van der Waals surface area contributed by atoms with Crippen LogP contribution in [0.1, 0.15) is 10.6 Å². The predicted octanol–water partition coefficient (Wildman–Crippen LogP) is 2.33. The van der Waals surface area contributed by atoms with E-state index in [1.54, 1.807) is 31.6 Å². The van der Waals surface area contributed by atoms with E-state index in [0.29, 0.717) is 6.54 Å². The van der Waals surface area contributed by atoms with Gasteiger partial charge in [-0.15, -0.1) is 11.3 Å². The third-order valence-electron chi connectivity index (χ3n) is 2.84. The molecule has 0 aliphatic heterocycles. The first-order valence-corrected chi connectivity index (χ1v) is 7.21. The van der Waals surface area contributed by atoms with E-state index in [-0.39, 0.29) is 6.03 Å². The predicted molar refractivity (Wildman–Crippen MR) is 80.9 cm³/mol. The molecule has 0 bridgehead atoms. The Hall–Kier alpha value is -1.95. The van der Waals surface area contributed by atoms with Crippen molar-refractivity contribution in [2.45, 2.75) is 13.3 Å². The Morgan fingerprint density at radius 3 is 2.90 bits per heavy atom. The number of hydrogen-bond donors (Lipinski definition) is 1. The first kappa shape index (κ1) is 14.5. The third kappa shape index (κ3) is 3.54. The standard InChI is InChI=1S/C14H18N4OS/c1-10-12(6-8-16-14(19)18(2)3)20-13(17-10)11-5-4-7-15-9-11/h4-5,7,9H,6,8H2,1-3H3,(H,16,19). The molecule has 2 aromatic heterocycles. The van der Waals surface area contributed by atoms with E-state index in [2.05, 4.69) is 15.3 Å². The molecule has 0 fully saturated rings. The largest absolute Gasteiger partial charge is 0.338 e. The van der Waals surface area contributed by atoms with Gasteiger partial charge in [-0.05, 0) is 19.1 Å². The number of amides is 2. The summed E-state index contributed by atoms with van der Waals surface area (Å²) in [5.74, 6) is 0. The minimum atomic E-state index is -0.0698. The van der Waals surface area contributed by atoms with Crippen molar-refractivity contribution in [3.8, 4) is 10.6 Å². The van der Waals surface area contributed by atoms with Crippen LogP contribution in [0.3, 0.4) is 0 Å². The zero-order chi connectivity index (χ0) is 14.5. The van der Waals surface area contributed by atoms with Crippen LogP contribution in [0, 0.1) is 6.92 Å². The van der Waals surface area contributed by atoms with Crippen molar-refractivity contribution >= 4 is 17.4 Å². The molecular weight excluding hydrogens is 272 g/mol. The van der Waals surface area contributed by atoms with Crippen LogP contribution < -0.4 is 5.32 Å². The van der Waals surface area contributed by atoms with Gasteiger partial charge in [0, 0.05) is 49.9 Å². The minimum absolute atomic E-state index is 0.0698. The lowest BCUT2D eigenvalue weighted by Gasteiger charge is -2.11. The molecule has 106 valence electrons. The molecule has 0 aliphatic rings. The van der Waals surface area contributed by atoms with Crippen molar-refractivity contribution < 1.29 is 4.79 Å². The van der Waals surface area contributed by atoms with Gasteiger partial charge in [0.1, 0.15) is 5.01 Å². The summed E-state index contributed by atoms with van der Waals surface area (Å²) in [6, 6.07) is 3.84. The fourth-order valence-corrected chi connectivity index (χ4v) is 2.77. The second kappa shape index (κ2) is 6.47. The Labute approximate surface area is 122 Å². The lowest BCUT2D eigenvalue weighted by molar-refractivity contribution is 0.217. The molecule has 2 heterocycles. The summed E-state index contributed by atoms with van der Waals surface area (Å²) in [5.41, 5.74) is 2.05. The van der Waals surface area contributed by atoms with Crippen LogP contribution in [0.15, 0.2) is 24.5 Å². The van der Waals surface area contributed by atoms with Gasteiger partial charge in [0.15, 0.2) is 0 Å². The summed E-state index contributed by atoms with van der Waals surface area (Å²) < 4.78 is 0. The van der Waals surface area contributed by atoms with E-state index in [1.165, 1.54) is 9.78 Å². The number of urea groups is 1. The van der Waals surface area contributed by atoms with Gasteiger partial charge in [0.05, 0.1) is 5.69 Å². The Balaban J connectivity index is 2.00. The lowest BCUT2D eigenvalue weighted by Crippen LogP contribution is -2.35. The van der Waals surface area contributed by atoms with Gasteiger partial charge in [-0.1, -0.05) is 0 Å². The molecule has 0 aliphatic carbocycles. The minimum Gasteiger partial charge on any atom is -0.338 e. The summed E-state index contributed by atoms with van der Waals surface area (Å²) >= 11 is 1.66. The van der Waals surface area contributed by atoms with Gasteiger partial charge in [-0.2, -0.15) is 0 Å². The highest BCUT2D eigenvalue weighted by molar-refractivity contribution is 7.15. The van der Waals surface area contributed by atoms with Crippen LogP contribution in [0.4, 0.5) is 4.79 Å². The normalized spacial score (nSPS) is 10.3.